The number of amides is 2. The number of aryl methyl sites for hydroxylation is 1. The molecule has 0 radical (unpaired) electrons. The summed E-state index contributed by atoms with van der Waals surface area (Å²) in [5, 5.41) is 5.18. The highest BCUT2D eigenvalue weighted by molar-refractivity contribution is 8.00. The van der Waals surface area contributed by atoms with E-state index in [1.807, 2.05) is 19.2 Å². The van der Waals surface area contributed by atoms with Crippen LogP contribution < -0.4 is 5.32 Å². The van der Waals surface area contributed by atoms with E-state index >= 15 is 0 Å². The van der Waals surface area contributed by atoms with Gasteiger partial charge >= 0.3 is 0 Å². The predicted molar refractivity (Wildman–Crippen MR) is 142 cm³/mol. The molecule has 0 spiro atoms. The maximum atomic E-state index is 13.7. The molecule has 5 nitrogen and oxygen atoms in total. The van der Waals surface area contributed by atoms with Crippen LogP contribution in [0, 0.1) is 5.92 Å². The molecule has 0 unspecified atom stereocenters. The maximum absolute atomic E-state index is 13.7. The van der Waals surface area contributed by atoms with Crippen LogP contribution in [0.1, 0.15) is 37.4 Å². The molecule has 0 aliphatic carbocycles. The normalized spacial score (nSPS) is 16.1. The molecule has 1 N–H and O–H groups in total. The molecule has 0 bridgehead atoms. The van der Waals surface area contributed by atoms with Gasteiger partial charge in [0, 0.05) is 41.5 Å². The van der Waals surface area contributed by atoms with Gasteiger partial charge in [0.25, 0.3) is 0 Å². The van der Waals surface area contributed by atoms with E-state index in [-0.39, 0.29) is 11.8 Å². The molecule has 1 aliphatic heterocycles. The minimum absolute atomic E-state index is 0.00928. The molecule has 1 aliphatic rings. The van der Waals surface area contributed by atoms with Crippen LogP contribution in [0.5, 0.6) is 0 Å². The van der Waals surface area contributed by atoms with Gasteiger partial charge in [0.2, 0.25) is 11.8 Å². The number of hydrogen-bond donors (Lipinski definition) is 1. The molecule has 2 heterocycles. The van der Waals surface area contributed by atoms with E-state index in [2.05, 4.69) is 66.4 Å². The average molecular weight is 496 g/mol. The lowest BCUT2D eigenvalue weighted by Crippen LogP contribution is -2.45. The van der Waals surface area contributed by atoms with Gasteiger partial charge in [-0.1, -0.05) is 55.9 Å². The van der Waals surface area contributed by atoms with Gasteiger partial charge in [-0.2, -0.15) is 0 Å². The van der Waals surface area contributed by atoms with Gasteiger partial charge in [0.15, 0.2) is 0 Å². The Kier molecular flexibility index (Phi) is 7.94. The maximum Gasteiger partial charge on any atom is 0.247 e. The number of aromatic nitrogens is 1. The lowest BCUT2D eigenvalue weighted by atomic mass is 10.0. The van der Waals surface area contributed by atoms with Crippen molar-refractivity contribution in [3.05, 3.63) is 59.7 Å². The smallest absolute Gasteiger partial charge is 0.247 e. The summed E-state index contributed by atoms with van der Waals surface area (Å²) in [5.74, 6) is 0.750. The monoisotopic (exact) mass is 495 g/mol. The summed E-state index contributed by atoms with van der Waals surface area (Å²) in [6, 6.07) is 16.0. The number of nitrogens with zero attached hydrogens (tertiary/aromatic N) is 2. The second kappa shape index (κ2) is 10.9. The quantitative estimate of drug-likeness (QED) is 0.432. The molecule has 7 heteroatoms. The van der Waals surface area contributed by atoms with Crippen molar-refractivity contribution in [2.24, 2.45) is 13.0 Å². The highest BCUT2D eigenvalue weighted by atomic mass is 32.2. The Morgan fingerprint density at radius 3 is 2.62 bits per heavy atom. The van der Waals surface area contributed by atoms with Gasteiger partial charge in [-0.15, -0.1) is 11.8 Å². The van der Waals surface area contributed by atoms with Crippen molar-refractivity contribution in [1.82, 2.24) is 14.8 Å². The fourth-order valence-electron chi connectivity index (χ4n) is 4.50. The van der Waals surface area contributed by atoms with Crippen LogP contribution in [-0.2, 0) is 23.1 Å². The van der Waals surface area contributed by atoms with Gasteiger partial charge in [0.05, 0.1) is 10.8 Å². The van der Waals surface area contributed by atoms with Crippen molar-refractivity contribution in [3.8, 4) is 0 Å². The lowest BCUT2D eigenvalue weighted by molar-refractivity contribution is -0.138. The molecular formula is C27H33N3O2S2. The molecule has 180 valence electrons. The Bertz CT molecular complexity index is 1170. The standard InChI is InChI=1S/C27H33N3O2S2/c1-18(2)13-15-28-26(32)25-24-21-7-5-6-8-22(21)29(3)27(24)34-17-23(31)30(25)16-14-19-9-11-20(33-4)12-10-19/h5-12,18,25H,13-17H2,1-4H3,(H,28,32)/t25-/m1/s1. The predicted octanol–water partition coefficient (Wildman–Crippen LogP) is 5.28. The van der Waals surface area contributed by atoms with Crippen LogP contribution in [0.3, 0.4) is 0 Å². The van der Waals surface area contributed by atoms with E-state index < -0.39 is 6.04 Å². The van der Waals surface area contributed by atoms with Crippen LogP contribution in [0.25, 0.3) is 10.9 Å². The number of carbonyl (C=O) groups excluding carboxylic acids is 2. The molecule has 3 aromatic rings. The largest absolute Gasteiger partial charge is 0.354 e. The Hall–Kier alpha value is -2.38. The Morgan fingerprint density at radius 1 is 1.18 bits per heavy atom. The first kappa shape index (κ1) is 24.7. The lowest BCUT2D eigenvalue weighted by Gasteiger charge is -2.30. The first-order valence-electron chi connectivity index (χ1n) is 11.8. The van der Waals surface area contributed by atoms with E-state index in [9.17, 15) is 9.59 Å². The van der Waals surface area contributed by atoms with Gasteiger partial charge in [-0.3, -0.25) is 9.59 Å². The number of thioether (sulfide) groups is 2. The summed E-state index contributed by atoms with van der Waals surface area (Å²) < 4.78 is 2.13. The molecule has 0 fully saturated rings. The summed E-state index contributed by atoms with van der Waals surface area (Å²) in [5.41, 5.74) is 3.20. The van der Waals surface area contributed by atoms with Crippen LogP contribution in [0.2, 0.25) is 0 Å². The molecule has 1 atom stereocenters. The fourth-order valence-corrected chi connectivity index (χ4v) is 6.00. The Labute approximate surface area is 210 Å². The van der Waals surface area contributed by atoms with Crippen LogP contribution in [0.15, 0.2) is 58.5 Å². The number of rotatable bonds is 8. The van der Waals surface area contributed by atoms with Crippen LogP contribution >= 0.6 is 23.5 Å². The molecule has 2 amide bonds. The highest BCUT2D eigenvalue weighted by Crippen LogP contribution is 2.41. The third kappa shape index (κ3) is 5.15. The second-order valence-corrected chi connectivity index (χ2v) is 11.0. The van der Waals surface area contributed by atoms with Gasteiger partial charge in [-0.25, -0.2) is 0 Å². The topological polar surface area (TPSA) is 54.3 Å². The molecule has 0 saturated heterocycles. The zero-order chi connectivity index (χ0) is 24.2. The van der Waals surface area contributed by atoms with Gasteiger partial charge in [-0.05, 0) is 48.8 Å². The van der Waals surface area contributed by atoms with Crippen LogP contribution in [-0.4, -0.2) is 46.4 Å². The summed E-state index contributed by atoms with van der Waals surface area (Å²) in [7, 11) is 2.02. The number of carbonyl (C=O) groups is 2. The number of fused-ring (bicyclic) bond motifs is 3. The van der Waals surface area contributed by atoms with E-state index in [0.29, 0.717) is 31.2 Å². The van der Waals surface area contributed by atoms with Gasteiger partial charge in [0.1, 0.15) is 6.04 Å². The van der Waals surface area contributed by atoms with E-state index in [1.54, 1.807) is 16.7 Å². The first-order valence-corrected chi connectivity index (χ1v) is 14.0. The zero-order valence-corrected chi connectivity index (χ0v) is 22.0. The SMILES string of the molecule is CSc1ccc(CCN2C(=O)CSc3c(c4ccccc4n3C)[C@@H]2C(=O)NCCC(C)C)cc1. The third-order valence-corrected chi connectivity index (χ3v) is 8.30. The van der Waals surface area contributed by atoms with E-state index in [1.165, 1.54) is 22.2 Å². The minimum atomic E-state index is -0.638. The minimum Gasteiger partial charge on any atom is -0.354 e. The molecular weight excluding hydrogens is 462 g/mol. The zero-order valence-electron chi connectivity index (χ0n) is 20.3. The summed E-state index contributed by atoms with van der Waals surface area (Å²) >= 11 is 3.25. The molecule has 1 aromatic heterocycles. The van der Waals surface area contributed by atoms with Crippen molar-refractivity contribution in [2.75, 3.05) is 25.1 Å². The first-order chi connectivity index (χ1) is 16.4. The number of benzene rings is 2. The van der Waals surface area contributed by atoms with Gasteiger partial charge < -0.3 is 14.8 Å². The third-order valence-electron chi connectivity index (χ3n) is 6.40. The molecule has 0 saturated carbocycles. The number of nitrogens with one attached hydrogen (secondary N) is 1. The van der Waals surface area contributed by atoms with E-state index in [0.717, 1.165) is 27.9 Å². The molecule has 2 aromatic carbocycles. The van der Waals surface area contributed by atoms with Crippen molar-refractivity contribution in [3.63, 3.8) is 0 Å². The highest BCUT2D eigenvalue weighted by Gasteiger charge is 2.38. The fraction of sp³-hybridized carbons (Fsp3) is 0.407. The number of para-hydroxylation sites is 1. The summed E-state index contributed by atoms with van der Waals surface area (Å²) in [6.45, 7) is 5.41. The molecule has 34 heavy (non-hydrogen) atoms. The summed E-state index contributed by atoms with van der Waals surface area (Å²) in [6.07, 6.45) is 3.68. The number of hydrogen-bond acceptors (Lipinski definition) is 4. The Balaban J connectivity index is 1.70. The van der Waals surface area contributed by atoms with E-state index in [4.69, 9.17) is 0 Å². The Morgan fingerprint density at radius 2 is 1.91 bits per heavy atom. The van der Waals surface area contributed by atoms with Crippen LogP contribution in [0.4, 0.5) is 0 Å². The van der Waals surface area contributed by atoms with Crippen molar-refractivity contribution < 1.29 is 9.59 Å². The van der Waals surface area contributed by atoms with Crippen molar-refractivity contribution in [2.45, 2.75) is 42.7 Å². The van der Waals surface area contributed by atoms with Crippen molar-refractivity contribution in [1.29, 1.82) is 0 Å². The van der Waals surface area contributed by atoms with Crippen molar-refractivity contribution >= 4 is 46.2 Å². The summed E-state index contributed by atoms with van der Waals surface area (Å²) in [4.78, 5) is 30.1. The second-order valence-electron chi connectivity index (χ2n) is 9.14. The average Bonchev–Trinajstić information content (AvgIpc) is 3.01. The molecule has 4 rings (SSSR count).